The predicted molar refractivity (Wildman–Crippen MR) is 103 cm³/mol. The SMILES string of the molecule is N#CC(C#N)=c1ccc2c(c1)N(c1ccccc1)N=C(c1ccccc1)N=2. The van der Waals surface area contributed by atoms with E-state index in [0.717, 1.165) is 22.3 Å². The minimum Gasteiger partial charge on any atom is -0.229 e. The zero-order valence-corrected chi connectivity index (χ0v) is 14.2. The molecule has 0 fully saturated rings. The highest BCUT2D eigenvalue weighted by atomic mass is 15.5. The monoisotopic (exact) mass is 347 g/mol. The van der Waals surface area contributed by atoms with Gasteiger partial charge < -0.3 is 0 Å². The van der Waals surface area contributed by atoms with Gasteiger partial charge in [0.15, 0.2) is 5.84 Å². The number of rotatable bonds is 2. The van der Waals surface area contributed by atoms with Crippen molar-refractivity contribution in [1.82, 2.24) is 0 Å². The maximum atomic E-state index is 9.18. The van der Waals surface area contributed by atoms with E-state index in [2.05, 4.69) is 4.99 Å². The Bertz CT molecular complexity index is 1210. The van der Waals surface area contributed by atoms with Crippen LogP contribution in [0, 0.1) is 22.7 Å². The number of nitriles is 2. The summed E-state index contributed by atoms with van der Waals surface area (Å²) in [5.74, 6) is 0.601. The third-order valence-corrected chi connectivity index (χ3v) is 4.17. The van der Waals surface area contributed by atoms with Crippen LogP contribution in [0.4, 0.5) is 11.4 Å². The third kappa shape index (κ3) is 3.06. The smallest absolute Gasteiger partial charge is 0.180 e. The van der Waals surface area contributed by atoms with E-state index in [1.54, 1.807) is 17.1 Å². The molecule has 0 saturated carbocycles. The van der Waals surface area contributed by atoms with Gasteiger partial charge in [-0.05, 0) is 24.3 Å². The number of nitrogens with zero attached hydrogens (tertiary/aromatic N) is 5. The van der Waals surface area contributed by atoms with E-state index in [0.29, 0.717) is 11.1 Å². The standard InChI is InChI=1S/C22H13N5/c23-14-18(15-24)17-11-12-20-21(13-17)27(19-9-5-2-6-10-19)26-22(25-20)16-7-3-1-4-8-16/h1-13H. The molecule has 1 heterocycles. The van der Waals surface area contributed by atoms with Gasteiger partial charge in [-0.15, -0.1) is 5.10 Å². The second kappa shape index (κ2) is 6.95. The number of amidine groups is 1. The van der Waals surface area contributed by atoms with Gasteiger partial charge in [0.1, 0.15) is 17.7 Å². The maximum absolute atomic E-state index is 9.18. The molecule has 3 aromatic carbocycles. The maximum Gasteiger partial charge on any atom is 0.180 e. The van der Waals surface area contributed by atoms with Gasteiger partial charge in [0, 0.05) is 10.8 Å². The van der Waals surface area contributed by atoms with Crippen molar-refractivity contribution in [3.8, 4) is 12.1 Å². The molecule has 5 nitrogen and oxygen atoms in total. The van der Waals surface area contributed by atoms with Crippen molar-refractivity contribution >= 4 is 22.8 Å². The molecular formula is C22H13N5. The fraction of sp³-hybridized carbons (Fsp3) is 0. The number of hydrazone groups is 1. The van der Waals surface area contributed by atoms with Gasteiger partial charge in [0.25, 0.3) is 0 Å². The van der Waals surface area contributed by atoms with Gasteiger partial charge in [-0.2, -0.15) is 10.5 Å². The molecule has 0 aliphatic carbocycles. The van der Waals surface area contributed by atoms with Crippen molar-refractivity contribution in [3.63, 3.8) is 0 Å². The highest BCUT2D eigenvalue weighted by molar-refractivity contribution is 6.01. The zero-order valence-electron chi connectivity index (χ0n) is 14.2. The Morgan fingerprint density at radius 3 is 2.15 bits per heavy atom. The molecule has 4 rings (SSSR count). The molecule has 0 aromatic heterocycles. The molecule has 27 heavy (non-hydrogen) atoms. The van der Waals surface area contributed by atoms with Crippen LogP contribution in [-0.4, -0.2) is 5.84 Å². The number of fused-ring (bicyclic) bond motifs is 1. The van der Waals surface area contributed by atoms with Gasteiger partial charge >= 0.3 is 0 Å². The first kappa shape index (κ1) is 16.3. The van der Waals surface area contributed by atoms with Crippen molar-refractivity contribution in [2.75, 3.05) is 5.01 Å². The van der Waals surface area contributed by atoms with E-state index in [4.69, 9.17) is 5.10 Å². The van der Waals surface area contributed by atoms with Crippen LogP contribution in [0.15, 0.2) is 89.0 Å². The van der Waals surface area contributed by atoms with Crippen LogP contribution in [0.2, 0.25) is 0 Å². The van der Waals surface area contributed by atoms with Crippen LogP contribution < -0.4 is 15.6 Å². The van der Waals surface area contributed by atoms with E-state index < -0.39 is 0 Å². The molecule has 0 N–H and O–H groups in total. The van der Waals surface area contributed by atoms with Crippen LogP contribution >= 0.6 is 0 Å². The normalized spacial score (nSPS) is 12.1. The van der Waals surface area contributed by atoms with Gasteiger partial charge in [-0.1, -0.05) is 54.6 Å². The number of hydrogen-bond acceptors (Lipinski definition) is 5. The van der Waals surface area contributed by atoms with Gasteiger partial charge in [0.05, 0.1) is 16.7 Å². The zero-order chi connectivity index (χ0) is 18.6. The number of anilines is 2. The summed E-state index contributed by atoms with van der Waals surface area (Å²) in [6, 6.07) is 28.7. The molecule has 0 spiro atoms. The Morgan fingerprint density at radius 2 is 1.48 bits per heavy atom. The van der Waals surface area contributed by atoms with Gasteiger partial charge in [0.2, 0.25) is 0 Å². The average Bonchev–Trinajstić information content (AvgIpc) is 2.75. The lowest BCUT2D eigenvalue weighted by molar-refractivity contribution is 1.03. The van der Waals surface area contributed by atoms with E-state index in [-0.39, 0.29) is 5.57 Å². The molecule has 0 saturated heterocycles. The molecule has 5 heteroatoms. The van der Waals surface area contributed by atoms with Crippen LogP contribution in [-0.2, 0) is 0 Å². The Balaban J connectivity index is 1.99. The summed E-state index contributed by atoms with van der Waals surface area (Å²) in [6.45, 7) is 0. The van der Waals surface area contributed by atoms with Crippen LogP contribution in [0.25, 0.3) is 5.57 Å². The number of benzene rings is 3. The minimum absolute atomic E-state index is 0.0589. The van der Waals surface area contributed by atoms with E-state index in [1.807, 2.05) is 78.9 Å². The van der Waals surface area contributed by atoms with E-state index in [1.165, 1.54) is 0 Å². The highest BCUT2D eigenvalue weighted by Crippen LogP contribution is 2.25. The second-order valence-electron chi connectivity index (χ2n) is 5.85. The lowest BCUT2D eigenvalue weighted by Crippen LogP contribution is -2.28. The Kier molecular flexibility index (Phi) is 4.19. The topological polar surface area (TPSA) is 75.5 Å². The largest absolute Gasteiger partial charge is 0.229 e. The van der Waals surface area contributed by atoms with Crippen LogP contribution in [0.5, 0.6) is 0 Å². The van der Waals surface area contributed by atoms with Gasteiger partial charge in [-0.3, -0.25) is 0 Å². The van der Waals surface area contributed by atoms with E-state index >= 15 is 0 Å². The van der Waals surface area contributed by atoms with Gasteiger partial charge in [-0.25, -0.2) is 10.0 Å². The Labute approximate surface area is 156 Å². The predicted octanol–water partition coefficient (Wildman–Crippen LogP) is 3.02. The van der Waals surface area contributed by atoms with Crippen molar-refractivity contribution in [3.05, 3.63) is 95.0 Å². The Morgan fingerprint density at radius 1 is 0.815 bits per heavy atom. The number of para-hydroxylation sites is 1. The second-order valence-corrected chi connectivity index (χ2v) is 5.85. The third-order valence-electron chi connectivity index (χ3n) is 4.17. The molecular weight excluding hydrogens is 334 g/mol. The summed E-state index contributed by atoms with van der Waals surface area (Å²) in [6.07, 6.45) is 0. The molecule has 0 radical (unpaired) electrons. The summed E-state index contributed by atoms with van der Waals surface area (Å²) in [5, 5.41) is 26.2. The summed E-state index contributed by atoms with van der Waals surface area (Å²) < 4.78 is 0. The van der Waals surface area contributed by atoms with Crippen molar-refractivity contribution in [1.29, 1.82) is 10.5 Å². The minimum atomic E-state index is 0.0589. The first-order chi connectivity index (χ1) is 13.3. The molecule has 0 bridgehead atoms. The Hall–Kier alpha value is -4.22. The lowest BCUT2D eigenvalue weighted by Gasteiger charge is -2.23. The molecule has 0 atom stereocenters. The summed E-state index contributed by atoms with van der Waals surface area (Å²) >= 11 is 0. The molecule has 0 unspecified atom stereocenters. The van der Waals surface area contributed by atoms with E-state index in [9.17, 15) is 10.5 Å². The van der Waals surface area contributed by atoms with Crippen LogP contribution in [0.3, 0.4) is 0 Å². The summed E-state index contributed by atoms with van der Waals surface area (Å²) in [5.41, 5.74) is 2.56. The molecule has 126 valence electrons. The first-order valence-corrected chi connectivity index (χ1v) is 8.32. The number of hydrogen-bond donors (Lipinski definition) is 0. The van der Waals surface area contributed by atoms with Crippen LogP contribution in [0.1, 0.15) is 5.56 Å². The highest BCUT2D eigenvalue weighted by Gasteiger charge is 2.18. The fourth-order valence-electron chi connectivity index (χ4n) is 2.86. The molecule has 1 aliphatic rings. The molecule has 3 aromatic rings. The lowest BCUT2D eigenvalue weighted by atomic mass is 10.1. The summed E-state index contributed by atoms with van der Waals surface area (Å²) in [7, 11) is 0. The van der Waals surface area contributed by atoms with Crippen molar-refractivity contribution in [2.24, 2.45) is 10.1 Å². The van der Waals surface area contributed by atoms with Crippen molar-refractivity contribution in [2.45, 2.75) is 0 Å². The summed E-state index contributed by atoms with van der Waals surface area (Å²) in [4.78, 5) is 4.68. The quantitative estimate of drug-likeness (QED) is 0.715. The van der Waals surface area contributed by atoms with Crippen molar-refractivity contribution < 1.29 is 0 Å². The first-order valence-electron chi connectivity index (χ1n) is 8.32. The molecule has 0 amide bonds. The fourth-order valence-corrected chi connectivity index (χ4v) is 2.86. The molecule has 1 aliphatic heterocycles. The average molecular weight is 347 g/mol.